The number of primary amides is 1. The van der Waals surface area contributed by atoms with Gasteiger partial charge in [0.1, 0.15) is 18.1 Å². The van der Waals surface area contributed by atoms with Gasteiger partial charge in [0, 0.05) is 19.3 Å². The van der Waals surface area contributed by atoms with Gasteiger partial charge in [0.25, 0.3) is 0 Å². The molecular formula is C25H38N6O8. The topological polar surface area (TPSA) is 257 Å². The Bertz CT molecular complexity index is 990. The maximum absolute atomic E-state index is 13.3. The Morgan fingerprint density at radius 2 is 1.33 bits per heavy atom. The molecule has 0 spiro atoms. The van der Waals surface area contributed by atoms with Gasteiger partial charge in [-0.2, -0.15) is 0 Å². The molecule has 0 aliphatic carbocycles. The van der Waals surface area contributed by atoms with Gasteiger partial charge in [0.05, 0.1) is 6.04 Å². The van der Waals surface area contributed by atoms with Crippen LogP contribution >= 0.6 is 0 Å². The normalized spacial score (nSPS) is 13.8. The Hall–Kier alpha value is -4.04. The number of unbranched alkanes of at least 4 members (excludes halogenated alkanes) is 1. The molecule has 0 aliphatic rings. The second-order valence-electron chi connectivity index (χ2n) is 9.04. The molecular weight excluding hydrogens is 512 g/mol. The van der Waals surface area contributed by atoms with Gasteiger partial charge in [-0.1, -0.05) is 30.3 Å². The standard InChI is InChI=1S/C25H38N6O8/c26-13-5-4-8-18(25(38)39)30-23(36)17(10-12-21(33)34)29-24(37)19(14-15-6-2-1-3-7-15)31-22(35)16(27)9-11-20(28)32/h1-3,6-7,16-19H,4-5,8-14,26-27H2,(H2,28,32)(H,29,37)(H,30,36)(H,31,35)(H,33,34)(H,38,39). The smallest absolute Gasteiger partial charge is 0.326 e. The number of rotatable bonds is 19. The predicted octanol–water partition coefficient (Wildman–Crippen LogP) is -1.65. The molecule has 1 rings (SSSR count). The minimum absolute atomic E-state index is 0.00502. The molecule has 4 unspecified atom stereocenters. The van der Waals surface area contributed by atoms with E-state index in [4.69, 9.17) is 22.3 Å². The highest BCUT2D eigenvalue weighted by Gasteiger charge is 2.30. The van der Waals surface area contributed by atoms with Crippen molar-refractivity contribution in [1.29, 1.82) is 0 Å². The molecule has 1 aromatic carbocycles. The molecule has 39 heavy (non-hydrogen) atoms. The van der Waals surface area contributed by atoms with E-state index in [0.29, 0.717) is 24.9 Å². The van der Waals surface area contributed by atoms with Crippen LogP contribution < -0.4 is 33.2 Å². The minimum Gasteiger partial charge on any atom is -0.481 e. The summed E-state index contributed by atoms with van der Waals surface area (Å²) in [5, 5.41) is 25.9. The van der Waals surface area contributed by atoms with Crippen LogP contribution in [-0.2, 0) is 35.2 Å². The molecule has 0 bridgehead atoms. The van der Waals surface area contributed by atoms with Crippen LogP contribution in [-0.4, -0.2) is 76.5 Å². The fourth-order valence-electron chi connectivity index (χ4n) is 3.60. The van der Waals surface area contributed by atoms with Crippen LogP contribution in [0.5, 0.6) is 0 Å². The molecule has 14 nitrogen and oxygen atoms in total. The van der Waals surface area contributed by atoms with E-state index in [2.05, 4.69) is 16.0 Å². The number of benzene rings is 1. The average Bonchev–Trinajstić information content (AvgIpc) is 2.88. The first-order valence-corrected chi connectivity index (χ1v) is 12.6. The molecule has 216 valence electrons. The molecule has 0 saturated heterocycles. The van der Waals surface area contributed by atoms with Crippen LogP contribution in [0.4, 0.5) is 0 Å². The maximum atomic E-state index is 13.3. The quantitative estimate of drug-likeness (QED) is 0.0910. The van der Waals surface area contributed by atoms with Crippen LogP contribution in [0.2, 0.25) is 0 Å². The second kappa shape index (κ2) is 17.5. The van der Waals surface area contributed by atoms with E-state index in [1.807, 2.05) is 0 Å². The van der Waals surface area contributed by atoms with E-state index < -0.39 is 66.2 Å². The van der Waals surface area contributed by atoms with Gasteiger partial charge in [-0.15, -0.1) is 0 Å². The van der Waals surface area contributed by atoms with Gasteiger partial charge in [-0.3, -0.25) is 24.0 Å². The number of aliphatic carboxylic acids is 2. The number of hydrogen-bond acceptors (Lipinski definition) is 8. The lowest BCUT2D eigenvalue weighted by Crippen LogP contribution is -2.57. The van der Waals surface area contributed by atoms with Crippen molar-refractivity contribution in [3.63, 3.8) is 0 Å². The van der Waals surface area contributed by atoms with Gasteiger partial charge < -0.3 is 43.4 Å². The SMILES string of the molecule is NCCCCC(NC(=O)C(CCC(=O)O)NC(=O)C(Cc1ccccc1)NC(=O)C(N)CCC(N)=O)C(=O)O. The van der Waals surface area contributed by atoms with Gasteiger partial charge in [-0.25, -0.2) is 4.79 Å². The molecule has 0 fully saturated rings. The largest absolute Gasteiger partial charge is 0.481 e. The van der Waals surface area contributed by atoms with Gasteiger partial charge in [0.2, 0.25) is 23.6 Å². The molecule has 14 heteroatoms. The summed E-state index contributed by atoms with van der Waals surface area (Å²) in [5.41, 5.74) is 17.0. The zero-order chi connectivity index (χ0) is 29.4. The Morgan fingerprint density at radius 3 is 1.90 bits per heavy atom. The van der Waals surface area contributed by atoms with E-state index in [0.717, 1.165) is 0 Å². The molecule has 4 amide bonds. The number of nitrogens with one attached hydrogen (secondary N) is 3. The Balaban J connectivity index is 3.09. The van der Waals surface area contributed by atoms with Crippen LogP contribution in [0.3, 0.4) is 0 Å². The summed E-state index contributed by atoms with van der Waals surface area (Å²) in [7, 11) is 0. The summed E-state index contributed by atoms with van der Waals surface area (Å²) in [6.45, 7) is 0.346. The van der Waals surface area contributed by atoms with Crippen LogP contribution in [0, 0.1) is 0 Å². The first-order valence-electron chi connectivity index (χ1n) is 12.6. The first kappa shape index (κ1) is 33.0. The third kappa shape index (κ3) is 13.4. The molecule has 1 aromatic rings. The van der Waals surface area contributed by atoms with E-state index in [-0.39, 0.29) is 32.1 Å². The second-order valence-corrected chi connectivity index (χ2v) is 9.04. The van der Waals surface area contributed by atoms with Crippen molar-refractivity contribution in [2.75, 3.05) is 6.54 Å². The monoisotopic (exact) mass is 550 g/mol. The van der Waals surface area contributed by atoms with Crippen molar-refractivity contribution in [3.8, 4) is 0 Å². The third-order valence-corrected chi connectivity index (χ3v) is 5.80. The van der Waals surface area contributed by atoms with E-state index >= 15 is 0 Å². The van der Waals surface area contributed by atoms with Crippen LogP contribution in [0.15, 0.2) is 30.3 Å². The van der Waals surface area contributed by atoms with Gasteiger partial charge in [0.15, 0.2) is 0 Å². The summed E-state index contributed by atoms with van der Waals surface area (Å²) < 4.78 is 0. The van der Waals surface area contributed by atoms with Crippen molar-refractivity contribution in [2.45, 2.75) is 75.5 Å². The highest BCUT2D eigenvalue weighted by Crippen LogP contribution is 2.08. The lowest BCUT2D eigenvalue weighted by molar-refractivity contribution is -0.143. The zero-order valence-electron chi connectivity index (χ0n) is 21.6. The number of carboxylic acids is 2. The van der Waals surface area contributed by atoms with Crippen LogP contribution in [0.25, 0.3) is 0 Å². The first-order chi connectivity index (χ1) is 18.4. The highest BCUT2D eigenvalue weighted by atomic mass is 16.4. The Morgan fingerprint density at radius 1 is 0.744 bits per heavy atom. The number of nitrogens with two attached hydrogens (primary N) is 3. The van der Waals surface area contributed by atoms with Crippen molar-refractivity contribution < 1.29 is 39.0 Å². The molecule has 11 N–H and O–H groups in total. The number of carboxylic acid groups (broad SMARTS) is 2. The Labute approximate surface area is 226 Å². The summed E-state index contributed by atoms with van der Waals surface area (Å²) in [6.07, 6.45) is 0.0626. The summed E-state index contributed by atoms with van der Waals surface area (Å²) in [5.74, 6) is -5.59. The minimum atomic E-state index is -1.40. The molecule has 0 radical (unpaired) electrons. The fourth-order valence-corrected chi connectivity index (χ4v) is 3.60. The summed E-state index contributed by atoms with van der Waals surface area (Å²) in [4.78, 5) is 72.7. The lowest BCUT2D eigenvalue weighted by Gasteiger charge is -2.25. The number of carbonyl (C=O) groups excluding carboxylic acids is 4. The van der Waals surface area contributed by atoms with Gasteiger partial charge in [-0.05, 0) is 44.2 Å². The molecule has 0 aromatic heterocycles. The third-order valence-electron chi connectivity index (χ3n) is 5.80. The van der Waals surface area contributed by atoms with E-state index in [1.54, 1.807) is 30.3 Å². The molecule has 0 heterocycles. The van der Waals surface area contributed by atoms with Crippen LogP contribution in [0.1, 0.15) is 50.5 Å². The average molecular weight is 551 g/mol. The molecule has 4 atom stereocenters. The van der Waals surface area contributed by atoms with Crippen molar-refractivity contribution >= 4 is 35.6 Å². The molecule has 0 saturated carbocycles. The fraction of sp³-hybridized carbons (Fsp3) is 0.520. The number of amides is 4. The van der Waals surface area contributed by atoms with Crippen molar-refractivity contribution in [1.82, 2.24) is 16.0 Å². The number of hydrogen-bond donors (Lipinski definition) is 8. The zero-order valence-corrected chi connectivity index (χ0v) is 21.6. The predicted molar refractivity (Wildman–Crippen MR) is 140 cm³/mol. The number of carbonyl (C=O) groups is 6. The van der Waals surface area contributed by atoms with Gasteiger partial charge >= 0.3 is 11.9 Å². The lowest BCUT2D eigenvalue weighted by atomic mass is 10.0. The maximum Gasteiger partial charge on any atom is 0.326 e. The summed E-state index contributed by atoms with van der Waals surface area (Å²) >= 11 is 0. The highest BCUT2D eigenvalue weighted by molar-refractivity contribution is 5.94. The Kier molecular flexibility index (Phi) is 14.8. The van der Waals surface area contributed by atoms with Crippen molar-refractivity contribution in [3.05, 3.63) is 35.9 Å². The van der Waals surface area contributed by atoms with E-state index in [1.165, 1.54) is 0 Å². The summed E-state index contributed by atoms with van der Waals surface area (Å²) in [6, 6.07) is 3.61. The van der Waals surface area contributed by atoms with E-state index in [9.17, 15) is 33.9 Å². The van der Waals surface area contributed by atoms with Crippen molar-refractivity contribution in [2.24, 2.45) is 17.2 Å². The molecule has 0 aliphatic heterocycles.